The van der Waals surface area contributed by atoms with E-state index >= 15 is 0 Å². The van der Waals surface area contributed by atoms with Crippen molar-refractivity contribution in [2.24, 2.45) is 5.92 Å². The second kappa shape index (κ2) is 7.56. The molecule has 0 radical (unpaired) electrons. The van der Waals surface area contributed by atoms with Gasteiger partial charge >= 0.3 is 0 Å². The third-order valence-electron chi connectivity index (χ3n) is 5.05. The summed E-state index contributed by atoms with van der Waals surface area (Å²) < 4.78 is 0. The molecule has 2 atom stereocenters. The second-order valence-corrected chi connectivity index (χ2v) is 7.94. The van der Waals surface area contributed by atoms with E-state index in [1.807, 2.05) is 17.5 Å². The third-order valence-corrected chi connectivity index (χ3v) is 5.91. The Bertz CT molecular complexity index is 644. The first kappa shape index (κ1) is 17.9. The maximum atomic E-state index is 13.0. The van der Waals surface area contributed by atoms with Crippen LogP contribution in [0.5, 0.6) is 0 Å². The minimum atomic E-state index is -0.342. The van der Waals surface area contributed by atoms with Crippen molar-refractivity contribution < 1.29 is 14.4 Å². The predicted molar refractivity (Wildman–Crippen MR) is 96.4 cm³/mol. The Morgan fingerprint density at radius 2 is 1.92 bits per heavy atom. The molecule has 3 heterocycles. The van der Waals surface area contributed by atoms with Crippen molar-refractivity contribution in [1.29, 1.82) is 0 Å². The molecule has 25 heavy (non-hydrogen) atoms. The average Bonchev–Trinajstić information content (AvgIpc) is 3.31. The number of piperidine rings is 1. The van der Waals surface area contributed by atoms with Crippen LogP contribution in [0, 0.1) is 5.92 Å². The number of hydrogen-bond acceptors (Lipinski definition) is 4. The minimum absolute atomic E-state index is 0.00632. The first-order valence-electron chi connectivity index (χ1n) is 8.83. The van der Waals surface area contributed by atoms with Crippen LogP contribution in [0.3, 0.4) is 0 Å². The van der Waals surface area contributed by atoms with Crippen LogP contribution >= 0.6 is 11.3 Å². The van der Waals surface area contributed by atoms with E-state index in [9.17, 15) is 14.4 Å². The van der Waals surface area contributed by atoms with E-state index in [2.05, 4.69) is 0 Å². The minimum Gasteiger partial charge on any atom is -0.347 e. The zero-order valence-corrected chi connectivity index (χ0v) is 15.6. The van der Waals surface area contributed by atoms with Gasteiger partial charge in [0.2, 0.25) is 11.8 Å². The molecule has 2 aliphatic heterocycles. The monoisotopic (exact) mass is 363 g/mol. The molecule has 1 aromatic rings. The summed E-state index contributed by atoms with van der Waals surface area (Å²) in [5, 5.41) is 1.89. The molecule has 2 fully saturated rings. The number of nitrogens with zero attached hydrogens (tertiary/aromatic N) is 3. The number of rotatable bonds is 3. The smallest absolute Gasteiger partial charge is 0.263 e. The lowest BCUT2D eigenvalue weighted by molar-refractivity contribution is -0.145. The molecule has 0 aliphatic carbocycles. The molecule has 7 heteroatoms. The number of carbonyl (C=O) groups is 3. The number of likely N-dealkylation sites (N-methyl/N-ethyl adjacent to an activating group) is 1. The number of amides is 3. The molecule has 2 unspecified atom stereocenters. The Labute approximate surface area is 152 Å². The van der Waals surface area contributed by atoms with Gasteiger partial charge in [0, 0.05) is 33.7 Å². The number of thiophene rings is 1. The van der Waals surface area contributed by atoms with E-state index in [1.165, 1.54) is 11.3 Å². The summed E-state index contributed by atoms with van der Waals surface area (Å²) in [7, 11) is 3.46. The van der Waals surface area contributed by atoms with Crippen molar-refractivity contribution in [2.75, 3.05) is 33.7 Å². The van der Waals surface area contributed by atoms with E-state index in [1.54, 1.807) is 28.8 Å². The highest BCUT2D eigenvalue weighted by molar-refractivity contribution is 7.12. The maximum absolute atomic E-state index is 13.0. The van der Waals surface area contributed by atoms with Gasteiger partial charge < -0.3 is 14.7 Å². The molecule has 3 rings (SSSR count). The highest BCUT2D eigenvalue weighted by atomic mass is 32.1. The summed E-state index contributed by atoms with van der Waals surface area (Å²) in [4.78, 5) is 43.7. The van der Waals surface area contributed by atoms with Gasteiger partial charge in [0.1, 0.15) is 6.04 Å². The van der Waals surface area contributed by atoms with Gasteiger partial charge in [-0.15, -0.1) is 11.3 Å². The summed E-state index contributed by atoms with van der Waals surface area (Å²) in [5.41, 5.74) is 0. The SMILES string of the molecule is CN(C)C(=O)C1CCCN1C(=O)C1CCCN(C(=O)c2cccs2)C1. The molecular formula is C18H25N3O3S. The Hall–Kier alpha value is -1.89. The topological polar surface area (TPSA) is 60.9 Å². The molecule has 0 bridgehead atoms. The number of carbonyl (C=O) groups excluding carboxylic acids is 3. The van der Waals surface area contributed by atoms with Gasteiger partial charge in [-0.3, -0.25) is 14.4 Å². The molecule has 1 aromatic heterocycles. The second-order valence-electron chi connectivity index (χ2n) is 6.99. The summed E-state index contributed by atoms with van der Waals surface area (Å²) in [6, 6.07) is 3.35. The van der Waals surface area contributed by atoms with Crippen LogP contribution in [0.2, 0.25) is 0 Å². The molecule has 3 amide bonds. The van der Waals surface area contributed by atoms with Gasteiger partial charge in [-0.05, 0) is 37.1 Å². The van der Waals surface area contributed by atoms with Gasteiger partial charge in [-0.1, -0.05) is 6.07 Å². The lowest BCUT2D eigenvalue weighted by atomic mass is 9.96. The van der Waals surface area contributed by atoms with Crippen LogP contribution < -0.4 is 0 Å². The molecule has 0 N–H and O–H groups in total. The van der Waals surface area contributed by atoms with Gasteiger partial charge in [0.25, 0.3) is 5.91 Å². The normalized spacial score (nSPS) is 23.6. The largest absolute Gasteiger partial charge is 0.347 e. The fourth-order valence-electron chi connectivity index (χ4n) is 3.74. The van der Waals surface area contributed by atoms with Gasteiger partial charge in [-0.2, -0.15) is 0 Å². The first-order valence-corrected chi connectivity index (χ1v) is 9.71. The first-order chi connectivity index (χ1) is 12.0. The van der Waals surface area contributed by atoms with Gasteiger partial charge in [0.05, 0.1) is 10.8 Å². The molecule has 0 aromatic carbocycles. The van der Waals surface area contributed by atoms with Gasteiger partial charge in [-0.25, -0.2) is 0 Å². The van der Waals surface area contributed by atoms with Crippen molar-refractivity contribution in [3.05, 3.63) is 22.4 Å². The summed E-state index contributed by atoms with van der Waals surface area (Å²) in [6.45, 7) is 1.79. The number of hydrogen-bond donors (Lipinski definition) is 0. The van der Waals surface area contributed by atoms with Crippen LogP contribution in [-0.4, -0.2) is 72.2 Å². The van der Waals surface area contributed by atoms with E-state index < -0.39 is 0 Å². The summed E-state index contributed by atoms with van der Waals surface area (Å²) in [6.07, 6.45) is 3.20. The molecular weight excluding hydrogens is 338 g/mol. The molecule has 136 valence electrons. The van der Waals surface area contributed by atoms with E-state index in [-0.39, 0.29) is 29.7 Å². The highest BCUT2D eigenvalue weighted by Crippen LogP contribution is 2.26. The molecule has 0 saturated carbocycles. The quantitative estimate of drug-likeness (QED) is 0.821. The molecule has 2 aliphatic rings. The van der Waals surface area contributed by atoms with Crippen LogP contribution in [0.1, 0.15) is 35.4 Å². The maximum Gasteiger partial charge on any atom is 0.263 e. The number of likely N-dealkylation sites (tertiary alicyclic amines) is 2. The zero-order valence-electron chi connectivity index (χ0n) is 14.8. The Kier molecular flexibility index (Phi) is 5.42. The molecule has 2 saturated heterocycles. The van der Waals surface area contributed by atoms with Gasteiger partial charge in [0.15, 0.2) is 0 Å². The lowest BCUT2D eigenvalue weighted by Crippen LogP contribution is -2.51. The molecule has 0 spiro atoms. The van der Waals surface area contributed by atoms with Crippen molar-refractivity contribution >= 4 is 29.1 Å². The van der Waals surface area contributed by atoms with Crippen LogP contribution in [0.25, 0.3) is 0 Å². The van der Waals surface area contributed by atoms with Crippen LogP contribution in [-0.2, 0) is 9.59 Å². The Morgan fingerprint density at radius 3 is 2.60 bits per heavy atom. The van der Waals surface area contributed by atoms with Crippen molar-refractivity contribution in [2.45, 2.75) is 31.7 Å². The fourth-order valence-corrected chi connectivity index (χ4v) is 4.43. The third kappa shape index (κ3) is 3.71. The standard InChI is InChI=1S/C18H25N3O3S/c1-19(2)17(23)14-7-4-10-21(14)16(22)13-6-3-9-20(12-13)18(24)15-8-5-11-25-15/h5,8,11,13-14H,3-4,6-7,9-10,12H2,1-2H3. The predicted octanol–water partition coefficient (Wildman–Crippen LogP) is 1.68. The Balaban J connectivity index is 1.67. The van der Waals surface area contributed by atoms with Crippen molar-refractivity contribution in [3.8, 4) is 0 Å². The summed E-state index contributed by atoms with van der Waals surface area (Å²) in [5.74, 6) is -0.169. The average molecular weight is 363 g/mol. The Morgan fingerprint density at radius 1 is 1.16 bits per heavy atom. The van der Waals surface area contributed by atoms with Crippen LogP contribution in [0.4, 0.5) is 0 Å². The van der Waals surface area contributed by atoms with E-state index in [4.69, 9.17) is 0 Å². The zero-order chi connectivity index (χ0) is 18.0. The fraction of sp³-hybridized carbons (Fsp3) is 0.611. The van der Waals surface area contributed by atoms with E-state index in [0.717, 1.165) is 30.6 Å². The lowest BCUT2D eigenvalue weighted by Gasteiger charge is -2.35. The molecule has 6 nitrogen and oxygen atoms in total. The van der Waals surface area contributed by atoms with Crippen molar-refractivity contribution in [3.63, 3.8) is 0 Å². The highest BCUT2D eigenvalue weighted by Gasteiger charge is 2.39. The van der Waals surface area contributed by atoms with E-state index in [0.29, 0.717) is 19.6 Å². The summed E-state index contributed by atoms with van der Waals surface area (Å²) >= 11 is 1.43. The van der Waals surface area contributed by atoms with Crippen LogP contribution in [0.15, 0.2) is 17.5 Å². The van der Waals surface area contributed by atoms with Crippen molar-refractivity contribution in [1.82, 2.24) is 14.7 Å².